The number of aryl methyl sites for hydroxylation is 1. The molecule has 0 atom stereocenters. The Labute approximate surface area is 139 Å². The normalized spacial score (nSPS) is 18.3. The third kappa shape index (κ3) is 2.97. The van der Waals surface area contributed by atoms with Crippen LogP contribution >= 0.6 is 0 Å². The Bertz CT molecular complexity index is 763. The van der Waals surface area contributed by atoms with E-state index in [1.807, 2.05) is 0 Å². The maximum absolute atomic E-state index is 2.42. The molecular formula is C22H26N+. The number of allylic oxidation sites excluding steroid dienone is 2. The summed E-state index contributed by atoms with van der Waals surface area (Å²) in [5.74, 6) is 0.774. The van der Waals surface area contributed by atoms with Crippen molar-refractivity contribution in [2.75, 3.05) is 0 Å². The first-order chi connectivity index (χ1) is 11.2. The van der Waals surface area contributed by atoms with Crippen LogP contribution in [-0.2, 0) is 7.05 Å². The molecule has 23 heavy (non-hydrogen) atoms. The Morgan fingerprint density at radius 1 is 0.957 bits per heavy atom. The molecule has 2 aromatic rings. The van der Waals surface area contributed by atoms with Gasteiger partial charge >= 0.3 is 0 Å². The van der Waals surface area contributed by atoms with Crippen molar-refractivity contribution in [1.82, 2.24) is 0 Å². The molecule has 1 aromatic heterocycles. The molecule has 2 aliphatic carbocycles. The second kappa shape index (κ2) is 5.96. The average Bonchev–Trinajstić information content (AvgIpc) is 3.32. The van der Waals surface area contributed by atoms with Crippen molar-refractivity contribution in [3.63, 3.8) is 0 Å². The van der Waals surface area contributed by atoms with Crippen molar-refractivity contribution in [1.29, 1.82) is 0 Å². The quantitative estimate of drug-likeness (QED) is 0.668. The number of nitrogens with zero attached hydrogens (tertiary/aromatic N) is 1. The van der Waals surface area contributed by atoms with Crippen LogP contribution in [0.3, 0.4) is 0 Å². The van der Waals surface area contributed by atoms with E-state index in [0.717, 1.165) is 5.92 Å². The summed E-state index contributed by atoms with van der Waals surface area (Å²) in [6, 6.07) is 13.8. The average molecular weight is 304 g/mol. The molecule has 1 aromatic carbocycles. The monoisotopic (exact) mass is 304 g/mol. The van der Waals surface area contributed by atoms with Crippen LogP contribution in [-0.4, -0.2) is 0 Å². The van der Waals surface area contributed by atoms with Gasteiger partial charge in [-0.25, -0.2) is 4.57 Å². The SMILES string of the molecule is CC1=C(c2ccc(-c3cccc(C4CCCCC4)c3)c[n+]2C)C1. The highest BCUT2D eigenvalue weighted by Gasteiger charge is 2.25. The van der Waals surface area contributed by atoms with E-state index >= 15 is 0 Å². The Hall–Kier alpha value is -1.89. The highest BCUT2D eigenvalue weighted by molar-refractivity contribution is 5.79. The van der Waals surface area contributed by atoms with Gasteiger partial charge in [0.05, 0.1) is 0 Å². The molecule has 1 heterocycles. The van der Waals surface area contributed by atoms with Crippen LogP contribution in [0.15, 0.2) is 48.2 Å². The molecule has 0 amide bonds. The molecule has 1 heteroatoms. The first-order valence-electron chi connectivity index (χ1n) is 9.01. The van der Waals surface area contributed by atoms with Crippen molar-refractivity contribution in [3.8, 4) is 11.1 Å². The van der Waals surface area contributed by atoms with Gasteiger partial charge in [0.1, 0.15) is 7.05 Å². The van der Waals surface area contributed by atoms with Crippen LogP contribution in [0.4, 0.5) is 0 Å². The Morgan fingerprint density at radius 3 is 2.43 bits per heavy atom. The second-order valence-electron chi connectivity index (χ2n) is 7.31. The largest absolute Gasteiger partial charge is 0.208 e. The lowest BCUT2D eigenvalue weighted by atomic mass is 9.83. The number of aromatic nitrogens is 1. The number of benzene rings is 1. The van der Waals surface area contributed by atoms with E-state index < -0.39 is 0 Å². The van der Waals surface area contributed by atoms with Gasteiger partial charge in [0.25, 0.3) is 0 Å². The third-order valence-electron chi connectivity index (χ3n) is 5.57. The van der Waals surface area contributed by atoms with E-state index in [4.69, 9.17) is 0 Å². The molecule has 4 rings (SSSR count). The Kier molecular flexibility index (Phi) is 3.80. The minimum atomic E-state index is 0.774. The van der Waals surface area contributed by atoms with E-state index in [1.165, 1.54) is 72.1 Å². The number of rotatable bonds is 3. The van der Waals surface area contributed by atoms with Crippen molar-refractivity contribution in [2.24, 2.45) is 7.05 Å². The van der Waals surface area contributed by atoms with Gasteiger partial charge in [-0.1, -0.05) is 49.1 Å². The first-order valence-corrected chi connectivity index (χ1v) is 9.01. The summed E-state index contributed by atoms with van der Waals surface area (Å²) in [6.45, 7) is 2.23. The van der Waals surface area contributed by atoms with Crippen LogP contribution < -0.4 is 4.57 Å². The minimum Gasteiger partial charge on any atom is -0.201 e. The van der Waals surface area contributed by atoms with Crippen molar-refractivity contribution >= 4 is 5.57 Å². The molecule has 2 aliphatic rings. The molecule has 118 valence electrons. The van der Waals surface area contributed by atoms with Gasteiger partial charge in [-0.05, 0) is 42.9 Å². The maximum Gasteiger partial charge on any atom is 0.208 e. The van der Waals surface area contributed by atoms with Crippen LogP contribution in [0.1, 0.15) is 62.6 Å². The number of hydrogen-bond donors (Lipinski definition) is 0. The van der Waals surface area contributed by atoms with Gasteiger partial charge < -0.3 is 0 Å². The van der Waals surface area contributed by atoms with E-state index in [0.29, 0.717) is 0 Å². The van der Waals surface area contributed by atoms with E-state index in [-0.39, 0.29) is 0 Å². The smallest absolute Gasteiger partial charge is 0.201 e. The lowest BCUT2D eigenvalue weighted by Gasteiger charge is -2.22. The van der Waals surface area contributed by atoms with E-state index in [9.17, 15) is 0 Å². The summed E-state index contributed by atoms with van der Waals surface area (Å²) < 4.78 is 2.29. The summed E-state index contributed by atoms with van der Waals surface area (Å²) in [6.07, 6.45) is 10.4. The fraction of sp³-hybridized carbons (Fsp3) is 0.409. The molecule has 1 nitrogen and oxygen atoms in total. The summed E-state index contributed by atoms with van der Waals surface area (Å²) in [7, 11) is 2.17. The Balaban J connectivity index is 1.64. The number of pyridine rings is 1. The third-order valence-corrected chi connectivity index (χ3v) is 5.57. The first kappa shape index (κ1) is 14.7. The van der Waals surface area contributed by atoms with Crippen LogP contribution in [0, 0.1) is 0 Å². The van der Waals surface area contributed by atoms with Crippen LogP contribution in [0.2, 0.25) is 0 Å². The topological polar surface area (TPSA) is 3.88 Å². The maximum atomic E-state index is 2.42. The lowest BCUT2D eigenvalue weighted by molar-refractivity contribution is -0.673. The molecule has 0 spiro atoms. The fourth-order valence-electron chi connectivity index (χ4n) is 4.03. The standard InChI is InChI=1S/C22H26N/c1-16-13-21(16)22-12-11-20(15-23(22)2)19-10-6-9-18(14-19)17-7-4-3-5-8-17/h6,9-12,14-15,17H,3-5,7-8,13H2,1-2H3/q+1. The molecule has 0 N–H and O–H groups in total. The highest BCUT2D eigenvalue weighted by Crippen LogP contribution is 2.38. The second-order valence-corrected chi connectivity index (χ2v) is 7.31. The van der Waals surface area contributed by atoms with Gasteiger partial charge in [0.2, 0.25) is 5.69 Å². The molecule has 1 saturated carbocycles. The zero-order chi connectivity index (χ0) is 15.8. The predicted octanol–water partition coefficient (Wildman–Crippen LogP) is 5.40. The lowest BCUT2D eigenvalue weighted by Crippen LogP contribution is -2.31. The predicted molar refractivity (Wildman–Crippen MR) is 96.1 cm³/mol. The van der Waals surface area contributed by atoms with E-state index in [1.54, 1.807) is 0 Å². The molecular weight excluding hydrogens is 278 g/mol. The molecule has 0 radical (unpaired) electrons. The Morgan fingerprint density at radius 2 is 1.74 bits per heavy atom. The van der Waals surface area contributed by atoms with Crippen LogP contribution in [0.5, 0.6) is 0 Å². The van der Waals surface area contributed by atoms with Crippen molar-refractivity contribution < 1.29 is 4.57 Å². The molecule has 0 bridgehead atoms. The van der Waals surface area contributed by atoms with Gasteiger partial charge in [0.15, 0.2) is 6.20 Å². The highest BCUT2D eigenvalue weighted by atomic mass is 14.9. The fourth-order valence-corrected chi connectivity index (χ4v) is 4.03. The van der Waals surface area contributed by atoms with Gasteiger partial charge in [-0.15, -0.1) is 0 Å². The molecule has 0 aliphatic heterocycles. The zero-order valence-electron chi connectivity index (χ0n) is 14.3. The molecule has 0 saturated heterocycles. The minimum absolute atomic E-state index is 0.774. The van der Waals surface area contributed by atoms with Crippen molar-refractivity contribution in [3.05, 3.63) is 59.4 Å². The zero-order valence-corrected chi connectivity index (χ0v) is 14.3. The molecule has 0 unspecified atom stereocenters. The van der Waals surface area contributed by atoms with Crippen molar-refractivity contribution in [2.45, 2.75) is 51.4 Å². The van der Waals surface area contributed by atoms with Gasteiger partial charge in [-0.3, -0.25) is 0 Å². The summed E-state index contributed by atoms with van der Waals surface area (Å²) in [4.78, 5) is 0. The van der Waals surface area contributed by atoms with Gasteiger partial charge in [0, 0.05) is 23.6 Å². The summed E-state index contributed by atoms with van der Waals surface area (Å²) in [5, 5.41) is 0. The summed E-state index contributed by atoms with van der Waals surface area (Å²) in [5.41, 5.74) is 8.65. The summed E-state index contributed by atoms with van der Waals surface area (Å²) >= 11 is 0. The van der Waals surface area contributed by atoms with E-state index in [2.05, 4.69) is 61.1 Å². The number of hydrogen-bond acceptors (Lipinski definition) is 0. The molecule has 1 fully saturated rings. The van der Waals surface area contributed by atoms with Gasteiger partial charge in [-0.2, -0.15) is 0 Å². The van der Waals surface area contributed by atoms with Crippen LogP contribution in [0.25, 0.3) is 16.7 Å².